The Morgan fingerprint density at radius 1 is 1.16 bits per heavy atom. The van der Waals surface area contributed by atoms with Crippen molar-refractivity contribution in [3.05, 3.63) is 82.0 Å². The van der Waals surface area contributed by atoms with Crippen LogP contribution in [0.15, 0.2) is 59.4 Å². The highest BCUT2D eigenvalue weighted by Crippen LogP contribution is 2.28. The Balaban J connectivity index is 1.85. The zero-order valence-electron chi connectivity index (χ0n) is 16.6. The SMILES string of the molecule is COC[C@@H](NC(=O)c1cc(=O)[nH]c(-c2ccccc2)n1)c1ccc(OC(F)(F)F)c(F)c1. The third kappa shape index (κ3) is 5.91. The van der Waals surface area contributed by atoms with Gasteiger partial charge in [0.05, 0.1) is 12.6 Å². The fraction of sp³-hybridized carbons (Fsp3) is 0.190. The van der Waals surface area contributed by atoms with Crippen molar-refractivity contribution in [3.8, 4) is 17.1 Å². The summed E-state index contributed by atoms with van der Waals surface area (Å²) in [4.78, 5) is 31.4. The number of benzene rings is 2. The Morgan fingerprint density at radius 2 is 1.88 bits per heavy atom. The number of alkyl halides is 3. The number of nitrogens with one attached hydrogen (secondary N) is 2. The minimum atomic E-state index is -5.05. The van der Waals surface area contributed by atoms with Crippen LogP contribution < -0.4 is 15.6 Å². The molecule has 7 nitrogen and oxygen atoms in total. The molecule has 0 aliphatic rings. The van der Waals surface area contributed by atoms with Crippen LogP contribution in [0.4, 0.5) is 17.6 Å². The predicted octanol–water partition coefficient (Wildman–Crippen LogP) is 3.59. The van der Waals surface area contributed by atoms with E-state index in [-0.39, 0.29) is 23.7 Å². The average molecular weight is 451 g/mol. The number of carbonyl (C=O) groups excluding carboxylic acids is 1. The third-order valence-corrected chi connectivity index (χ3v) is 4.24. The van der Waals surface area contributed by atoms with Gasteiger partial charge in [0.2, 0.25) is 0 Å². The van der Waals surface area contributed by atoms with Crippen LogP contribution in [0, 0.1) is 5.82 Å². The molecule has 3 rings (SSSR count). The summed E-state index contributed by atoms with van der Waals surface area (Å²) in [7, 11) is 1.33. The minimum Gasteiger partial charge on any atom is -0.403 e. The van der Waals surface area contributed by atoms with Gasteiger partial charge in [-0.05, 0) is 17.7 Å². The Kier molecular flexibility index (Phi) is 6.89. The second-order valence-corrected chi connectivity index (χ2v) is 6.56. The first-order valence-electron chi connectivity index (χ1n) is 9.18. The monoisotopic (exact) mass is 451 g/mol. The lowest BCUT2D eigenvalue weighted by molar-refractivity contribution is -0.275. The number of aromatic amines is 1. The second-order valence-electron chi connectivity index (χ2n) is 6.56. The molecular weight excluding hydrogens is 434 g/mol. The maximum Gasteiger partial charge on any atom is 0.573 e. The van der Waals surface area contributed by atoms with Crippen LogP contribution in [-0.4, -0.2) is 36.0 Å². The van der Waals surface area contributed by atoms with Crippen LogP contribution in [-0.2, 0) is 4.74 Å². The average Bonchev–Trinajstić information content (AvgIpc) is 2.74. The van der Waals surface area contributed by atoms with E-state index in [1.54, 1.807) is 30.3 Å². The molecule has 11 heteroatoms. The lowest BCUT2D eigenvalue weighted by atomic mass is 10.1. The van der Waals surface area contributed by atoms with Gasteiger partial charge in [-0.2, -0.15) is 0 Å². The van der Waals surface area contributed by atoms with Crippen molar-refractivity contribution in [1.29, 1.82) is 0 Å². The zero-order chi connectivity index (χ0) is 23.3. The van der Waals surface area contributed by atoms with Crippen LogP contribution in [0.2, 0.25) is 0 Å². The predicted molar refractivity (Wildman–Crippen MR) is 105 cm³/mol. The standard InChI is InChI=1S/C21H17F4N3O4/c1-31-11-16(13-7-8-17(14(22)9-13)32-21(23,24)25)27-20(30)15-10-18(29)28-19(26-15)12-5-3-2-4-6-12/h2-10,16H,11H2,1H3,(H,27,30)(H,26,28,29)/t16-/m1/s1. The number of H-pyrrole nitrogens is 1. The van der Waals surface area contributed by atoms with Gasteiger partial charge < -0.3 is 19.8 Å². The van der Waals surface area contributed by atoms with Gasteiger partial charge in [0, 0.05) is 18.7 Å². The first-order valence-corrected chi connectivity index (χ1v) is 9.18. The minimum absolute atomic E-state index is 0.125. The topological polar surface area (TPSA) is 93.3 Å². The number of ether oxygens (including phenoxy) is 2. The van der Waals surface area contributed by atoms with E-state index in [9.17, 15) is 27.2 Å². The number of rotatable bonds is 7. The molecule has 168 valence electrons. The van der Waals surface area contributed by atoms with Crippen LogP contribution in [0.5, 0.6) is 5.75 Å². The maximum atomic E-state index is 14.1. The molecular formula is C21H17F4N3O4. The Morgan fingerprint density at radius 3 is 2.50 bits per heavy atom. The van der Waals surface area contributed by atoms with Gasteiger partial charge in [0.15, 0.2) is 11.6 Å². The molecule has 32 heavy (non-hydrogen) atoms. The first-order chi connectivity index (χ1) is 15.2. The molecule has 0 bridgehead atoms. The van der Waals surface area contributed by atoms with E-state index in [4.69, 9.17) is 4.74 Å². The number of amides is 1. The molecule has 0 radical (unpaired) electrons. The molecule has 2 aromatic carbocycles. The third-order valence-electron chi connectivity index (χ3n) is 4.24. The molecule has 0 saturated heterocycles. The molecule has 1 aromatic heterocycles. The van der Waals surface area contributed by atoms with Gasteiger partial charge in [-0.3, -0.25) is 9.59 Å². The van der Waals surface area contributed by atoms with Crippen molar-refractivity contribution in [2.24, 2.45) is 0 Å². The van der Waals surface area contributed by atoms with Gasteiger partial charge in [-0.25, -0.2) is 9.37 Å². The summed E-state index contributed by atoms with van der Waals surface area (Å²) >= 11 is 0. The molecule has 0 spiro atoms. The van der Waals surface area contributed by atoms with Crippen molar-refractivity contribution >= 4 is 5.91 Å². The molecule has 3 aromatic rings. The highest BCUT2D eigenvalue weighted by atomic mass is 19.4. The summed E-state index contributed by atoms with van der Waals surface area (Å²) in [5, 5.41) is 2.54. The number of aromatic nitrogens is 2. The number of carbonyl (C=O) groups is 1. The smallest absolute Gasteiger partial charge is 0.403 e. The molecule has 2 N–H and O–H groups in total. The van der Waals surface area contributed by atoms with Crippen molar-refractivity contribution in [2.45, 2.75) is 12.4 Å². The van der Waals surface area contributed by atoms with Crippen LogP contribution in [0.25, 0.3) is 11.4 Å². The molecule has 0 saturated carbocycles. The quantitative estimate of drug-likeness (QED) is 0.536. The fourth-order valence-corrected chi connectivity index (χ4v) is 2.87. The van der Waals surface area contributed by atoms with Gasteiger partial charge in [-0.15, -0.1) is 13.2 Å². The molecule has 0 unspecified atom stereocenters. The first kappa shape index (κ1) is 22.9. The lowest BCUT2D eigenvalue weighted by Gasteiger charge is -2.19. The Hall–Kier alpha value is -3.73. The van der Waals surface area contributed by atoms with E-state index in [1.165, 1.54) is 7.11 Å². The summed E-state index contributed by atoms with van der Waals surface area (Å²) in [6, 6.07) is 11.4. The van der Waals surface area contributed by atoms with E-state index < -0.39 is 35.4 Å². The number of halogens is 4. The second kappa shape index (κ2) is 9.60. The van der Waals surface area contributed by atoms with Crippen molar-refractivity contribution in [1.82, 2.24) is 15.3 Å². The van der Waals surface area contributed by atoms with E-state index in [2.05, 4.69) is 20.0 Å². The molecule has 1 heterocycles. The molecule has 0 aliphatic heterocycles. The van der Waals surface area contributed by atoms with E-state index in [0.29, 0.717) is 5.56 Å². The summed E-state index contributed by atoms with van der Waals surface area (Å²) < 4.78 is 59.8. The van der Waals surface area contributed by atoms with E-state index >= 15 is 0 Å². The maximum absolute atomic E-state index is 14.1. The molecule has 1 atom stereocenters. The van der Waals surface area contributed by atoms with Crippen molar-refractivity contribution in [2.75, 3.05) is 13.7 Å². The summed E-state index contributed by atoms with van der Waals surface area (Å²) in [6.07, 6.45) is -5.05. The summed E-state index contributed by atoms with van der Waals surface area (Å²) in [5.41, 5.74) is -0.0615. The van der Waals surface area contributed by atoms with Crippen molar-refractivity contribution < 1.29 is 31.8 Å². The van der Waals surface area contributed by atoms with Crippen molar-refractivity contribution in [3.63, 3.8) is 0 Å². The van der Waals surface area contributed by atoms with Gasteiger partial charge >= 0.3 is 6.36 Å². The van der Waals surface area contributed by atoms with Gasteiger partial charge in [0.25, 0.3) is 11.5 Å². The lowest BCUT2D eigenvalue weighted by Crippen LogP contribution is -2.33. The normalized spacial score (nSPS) is 12.3. The summed E-state index contributed by atoms with van der Waals surface area (Å²) in [5.74, 6) is -2.86. The molecule has 0 aliphatic carbocycles. The largest absolute Gasteiger partial charge is 0.573 e. The Bertz CT molecular complexity index is 1150. The molecule has 1 amide bonds. The van der Waals surface area contributed by atoms with Crippen LogP contribution in [0.3, 0.4) is 0 Å². The van der Waals surface area contributed by atoms with Crippen LogP contribution >= 0.6 is 0 Å². The van der Waals surface area contributed by atoms with Crippen LogP contribution in [0.1, 0.15) is 22.1 Å². The fourth-order valence-electron chi connectivity index (χ4n) is 2.87. The number of nitrogens with zero attached hydrogens (tertiary/aromatic N) is 1. The van der Waals surface area contributed by atoms with Gasteiger partial charge in [0.1, 0.15) is 11.5 Å². The number of hydrogen-bond donors (Lipinski definition) is 2. The van der Waals surface area contributed by atoms with Gasteiger partial charge in [-0.1, -0.05) is 36.4 Å². The van der Waals surface area contributed by atoms with E-state index in [1.807, 2.05) is 0 Å². The number of hydrogen-bond acceptors (Lipinski definition) is 5. The number of methoxy groups -OCH3 is 1. The zero-order valence-corrected chi connectivity index (χ0v) is 16.6. The highest BCUT2D eigenvalue weighted by molar-refractivity contribution is 5.92. The van der Waals surface area contributed by atoms with E-state index in [0.717, 1.165) is 24.3 Å². The molecule has 0 fully saturated rings. The Labute approximate surface area is 179 Å². The highest BCUT2D eigenvalue weighted by Gasteiger charge is 2.32. The summed E-state index contributed by atoms with van der Waals surface area (Å²) in [6.45, 7) is -0.126.